The maximum atomic E-state index is 11.9. The Hall–Kier alpha value is -2.28. The summed E-state index contributed by atoms with van der Waals surface area (Å²) in [5.74, 6) is -1.19. The van der Waals surface area contributed by atoms with Crippen LogP contribution in [0.3, 0.4) is 0 Å². The van der Waals surface area contributed by atoms with Gasteiger partial charge in [-0.2, -0.15) is 0 Å². The minimum absolute atomic E-state index is 0.0378. The predicted octanol–water partition coefficient (Wildman–Crippen LogP) is 0.416. The van der Waals surface area contributed by atoms with E-state index in [1.807, 2.05) is 0 Å². The van der Waals surface area contributed by atoms with Crippen molar-refractivity contribution < 1.29 is 28.9 Å². The molecule has 1 aromatic rings. The van der Waals surface area contributed by atoms with Gasteiger partial charge in [0.15, 0.2) is 18.1 Å². The number of carbonyl (C=O) groups excluding carboxylic acids is 2. The zero-order valence-electron chi connectivity index (χ0n) is 11.7. The first-order chi connectivity index (χ1) is 10.1. The van der Waals surface area contributed by atoms with Crippen molar-refractivity contribution in [3.63, 3.8) is 0 Å². The second-order valence-corrected chi connectivity index (χ2v) is 4.43. The molecule has 0 unspecified atom stereocenters. The summed E-state index contributed by atoms with van der Waals surface area (Å²) in [5.41, 5.74) is -0.0378. The molecule has 7 heteroatoms. The molecular formula is C14H17NO6. The fraction of sp³-hybridized carbons (Fsp3) is 0.429. The van der Waals surface area contributed by atoms with E-state index in [2.05, 4.69) is 0 Å². The number of morpholine rings is 1. The number of benzene rings is 1. The second-order valence-electron chi connectivity index (χ2n) is 4.43. The Labute approximate surface area is 122 Å². The summed E-state index contributed by atoms with van der Waals surface area (Å²) in [6, 6.07) is 4.48. The van der Waals surface area contributed by atoms with E-state index >= 15 is 0 Å². The van der Waals surface area contributed by atoms with E-state index in [9.17, 15) is 14.7 Å². The number of para-hydroxylation sites is 1. The van der Waals surface area contributed by atoms with Gasteiger partial charge in [-0.3, -0.25) is 4.79 Å². The Morgan fingerprint density at radius 3 is 2.71 bits per heavy atom. The van der Waals surface area contributed by atoms with Crippen LogP contribution in [-0.4, -0.2) is 61.9 Å². The van der Waals surface area contributed by atoms with Crippen molar-refractivity contribution in [2.24, 2.45) is 0 Å². The van der Waals surface area contributed by atoms with E-state index in [0.29, 0.717) is 26.3 Å². The van der Waals surface area contributed by atoms with Crippen molar-refractivity contribution in [2.45, 2.75) is 0 Å². The van der Waals surface area contributed by atoms with Crippen molar-refractivity contribution in [3.8, 4) is 11.5 Å². The highest BCUT2D eigenvalue weighted by molar-refractivity contribution is 5.94. The number of ether oxygens (including phenoxy) is 3. The highest BCUT2D eigenvalue weighted by Crippen LogP contribution is 2.29. The number of carbonyl (C=O) groups is 2. The first kappa shape index (κ1) is 15.1. The smallest absolute Gasteiger partial charge is 0.342 e. The Morgan fingerprint density at radius 2 is 2.05 bits per heavy atom. The third-order valence-electron chi connectivity index (χ3n) is 3.13. The highest BCUT2D eigenvalue weighted by Gasteiger charge is 2.21. The lowest BCUT2D eigenvalue weighted by Gasteiger charge is -2.26. The monoisotopic (exact) mass is 295 g/mol. The molecule has 1 saturated heterocycles. The van der Waals surface area contributed by atoms with E-state index in [1.165, 1.54) is 19.2 Å². The Morgan fingerprint density at radius 1 is 1.33 bits per heavy atom. The Kier molecular flexibility index (Phi) is 4.99. The summed E-state index contributed by atoms with van der Waals surface area (Å²) in [6.45, 7) is 1.57. The van der Waals surface area contributed by atoms with Gasteiger partial charge in [0, 0.05) is 13.1 Å². The number of aromatic hydroxyl groups is 1. The summed E-state index contributed by atoms with van der Waals surface area (Å²) in [5, 5.41) is 9.84. The molecule has 0 bridgehead atoms. The molecule has 1 N–H and O–H groups in total. The van der Waals surface area contributed by atoms with Crippen LogP contribution >= 0.6 is 0 Å². The molecule has 0 aliphatic carbocycles. The lowest BCUT2D eigenvalue weighted by Crippen LogP contribution is -2.42. The fourth-order valence-corrected chi connectivity index (χ4v) is 1.96. The molecule has 0 atom stereocenters. The number of hydrogen-bond acceptors (Lipinski definition) is 6. The molecule has 1 heterocycles. The van der Waals surface area contributed by atoms with Crippen LogP contribution in [0.15, 0.2) is 18.2 Å². The van der Waals surface area contributed by atoms with Crippen LogP contribution in [0.4, 0.5) is 0 Å². The van der Waals surface area contributed by atoms with Gasteiger partial charge in [0.05, 0.1) is 20.3 Å². The lowest BCUT2D eigenvalue weighted by atomic mass is 10.2. The minimum atomic E-state index is -0.770. The minimum Gasteiger partial charge on any atom is -0.504 e. The largest absolute Gasteiger partial charge is 0.504 e. The van der Waals surface area contributed by atoms with Crippen molar-refractivity contribution >= 4 is 11.9 Å². The number of rotatable bonds is 4. The molecular weight excluding hydrogens is 278 g/mol. The fourth-order valence-electron chi connectivity index (χ4n) is 1.96. The standard InChI is InChI=1S/C14H17NO6/c1-19-11-4-2-3-10(13(11)17)14(18)21-9-12(16)15-5-7-20-8-6-15/h2-4,17H,5-9H2,1H3. The zero-order valence-corrected chi connectivity index (χ0v) is 11.7. The van der Waals surface area contributed by atoms with Gasteiger partial charge in [0.1, 0.15) is 5.56 Å². The molecule has 114 valence electrons. The van der Waals surface area contributed by atoms with E-state index in [4.69, 9.17) is 14.2 Å². The summed E-state index contributed by atoms with van der Waals surface area (Å²) < 4.78 is 15.0. The Bertz CT molecular complexity index is 524. The molecule has 0 saturated carbocycles. The number of nitrogens with zero attached hydrogens (tertiary/aromatic N) is 1. The predicted molar refractivity (Wildman–Crippen MR) is 72.3 cm³/mol. The quantitative estimate of drug-likeness (QED) is 0.810. The van der Waals surface area contributed by atoms with Gasteiger partial charge in [0.25, 0.3) is 5.91 Å². The first-order valence-corrected chi connectivity index (χ1v) is 6.52. The molecule has 1 aromatic carbocycles. The molecule has 0 radical (unpaired) electrons. The van der Waals surface area contributed by atoms with Crippen LogP contribution in [0.5, 0.6) is 11.5 Å². The third-order valence-corrected chi connectivity index (χ3v) is 3.13. The molecule has 2 rings (SSSR count). The Balaban J connectivity index is 1.94. The van der Waals surface area contributed by atoms with E-state index < -0.39 is 5.97 Å². The summed E-state index contributed by atoms with van der Waals surface area (Å²) in [7, 11) is 1.38. The number of hydrogen-bond donors (Lipinski definition) is 1. The average molecular weight is 295 g/mol. The van der Waals surface area contributed by atoms with Gasteiger partial charge in [-0.15, -0.1) is 0 Å². The third kappa shape index (κ3) is 3.63. The molecule has 1 aliphatic rings. The van der Waals surface area contributed by atoms with Crippen LogP contribution in [-0.2, 0) is 14.3 Å². The summed E-state index contributed by atoms with van der Waals surface area (Å²) >= 11 is 0. The maximum Gasteiger partial charge on any atom is 0.342 e. The number of methoxy groups -OCH3 is 1. The molecule has 21 heavy (non-hydrogen) atoms. The SMILES string of the molecule is COc1cccc(C(=O)OCC(=O)N2CCOCC2)c1O. The van der Waals surface area contributed by atoms with Crippen LogP contribution in [0, 0.1) is 0 Å². The molecule has 0 spiro atoms. The van der Waals surface area contributed by atoms with Crippen LogP contribution in [0.25, 0.3) is 0 Å². The van der Waals surface area contributed by atoms with Gasteiger partial charge in [0.2, 0.25) is 0 Å². The average Bonchev–Trinajstić information content (AvgIpc) is 2.53. The van der Waals surface area contributed by atoms with Crippen molar-refractivity contribution in [3.05, 3.63) is 23.8 Å². The molecule has 0 aromatic heterocycles. The molecule has 1 fully saturated rings. The van der Waals surface area contributed by atoms with Crippen molar-refractivity contribution in [2.75, 3.05) is 40.0 Å². The summed E-state index contributed by atoms with van der Waals surface area (Å²) in [6.07, 6.45) is 0. The van der Waals surface area contributed by atoms with Crippen molar-refractivity contribution in [1.29, 1.82) is 0 Å². The van der Waals surface area contributed by atoms with E-state index in [-0.39, 0.29) is 29.6 Å². The van der Waals surface area contributed by atoms with Crippen LogP contribution in [0.2, 0.25) is 0 Å². The lowest BCUT2D eigenvalue weighted by molar-refractivity contribution is -0.138. The topological polar surface area (TPSA) is 85.3 Å². The number of phenols is 1. The number of esters is 1. The number of phenolic OH excluding ortho intramolecular Hbond substituents is 1. The highest BCUT2D eigenvalue weighted by atomic mass is 16.5. The van der Waals surface area contributed by atoms with E-state index in [0.717, 1.165) is 0 Å². The van der Waals surface area contributed by atoms with Crippen LogP contribution < -0.4 is 4.74 Å². The zero-order chi connectivity index (χ0) is 15.2. The molecule has 1 amide bonds. The van der Waals surface area contributed by atoms with E-state index in [1.54, 1.807) is 11.0 Å². The normalized spacial score (nSPS) is 14.6. The van der Waals surface area contributed by atoms with Gasteiger partial charge in [-0.25, -0.2) is 4.79 Å². The van der Waals surface area contributed by atoms with Crippen LogP contribution in [0.1, 0.15) is 10.4 Å². The van der Waals surface area contributed by atoms with Gasteiger partial charge >= 0.3 is 5.97 Å². The number of amides is 1. The van der Waals surface area contributed by atoms with Gasteiger partial charge in [-0.1, -0.05) is 6.07 Å². The van der Waals surface area contributed by atoms with Gasteiger partial charge < -0.3 is 24.2 Å². The summed E-state index contributed by atoms with van der Waals surface area (Å²) in [4.78, 5) is 25.3. The second kappa shape index (κ2) is 6.94. The molecule has 7 nitrogen and oxygen atoms in total. The molecule has 1 aliphatic heterocycles. The maximum absolute atomic E-state index is 11.9. The van der Waals surface area contributed by atoms with Crippen molar-refractivity contribution in [1.82, 2.24) is 4.90 Å². The van der Waals surface area contributed by atoms with Gasteiger partial charge in [-0.05, 0) is 12.1 Å². The first-order valence-electron chi connectivity index (χ1n) is 6.52.